The van der Waals surface area contributed by atoms with Gasteiger partial charge in [0.05, 0.1) is 0 Å². The molecule has 0 saturated carbocycles. The van der Waals surface area contributed by atoms with Gasteiger partial charge in [-0.25, -0.2) is 9.37 Å². The van der Waals surface area contributed by atoms with Crippen LogP contribution in [0.1, 0.15) is 23.7 Å². The summed E-state index contributed by atoms with van der Waals surface area (Å²) in [4.78, 5) is 4.45. The Morgan fingerprint density at radius 2 is 2.05 bits per heavy atom. The molecule has 4 heteroatoms. The van der Waals surface area contributed by atoms with Gasteiger partial charge in [-0.3, -0.25) is 0 Å². The molecule has 0 spiro atoms. The second kappa shape index (κ2) is 6.48. The number of aromatic nitrogens is 1. The molecule has 0 saturated heterocycles. The molecule has 1 N–H and O–H groups in total. The van der Waals surface area contributed by atoms with Crippen molar-refractivity contribution in [2.75, 3.05) is 7.05 Å². The maximum atomic E-state index is 13.1. The summed E-state index contributed by atoms with van der Waals surface area (Å²) in [5.41, 5.74) is 2.85. The average molecular weight is 274 g/mol. The molecule has 1 aromatic carbocycles. The van der Waals surface area contributed by atoms with Crippen LogP contribution in [0.2, 0.25) is 0 Å². The van der Waals surface area contributed by atoms with Gasteiger partial charge in [-0.1, -0.05) is 6.92 Å². The molecule has 0 aliphatic heterocycles. The molecule has 2 aromatic rings. The summed E-state index contributed by atoms with van der Waals surface area (Å²) in [5, 5.41) is 3.11. The molecule has 0 aliphatic carbocycles. The molecule has 0 radical (unpaired) electrons. The Balaban J connectivity index is 2.29. The van der Waals surface area contributed by atoms with Gasteiger partial charge in [-0.15, -0.1) is 0 Å². The van der Waals surface area contributed by atoms with Gasteiger partial charge in [0.2, 0.25) is 5.88 Å². The lowest BCUT2D eigenvalue weighted by atomic mass is 10.2. The normalized spacial score (nSPS) is 10.6. The smallest absolute Gasteiger partial charge is 0.219 e. The number of nitrogens with zero attached hydrogens (tertiary/aromatic N) is 1. The molecule has 0 fully saturated rings. The Morgan fingerprint density at radius 1 is 1.25 bits per heavy atom. The average Bonchev–Trinajstić information content (AvgIpc) is 2.42. The fourth-order valence-corrected chi connectivity index (χ4v) is 2.00. The number of pyridine rings is 1. The zero-order chi connectivity index (χ0) is 14.5. The van der Waals surface area contributed by atoms with Crippen LogP contribution < -0.4 is 10.1 Å². The van der Waals surface area contributed by atoms with Crippen LogP contribution in [0.5, 0.6) is 11.6 Å². The lowest BCUT2D eigenvalue weighted by Gasteiger charge is -2.11. The van der Waals surface area contributed by atoms with Crippen molar-refractivity contribution in [3.8, 4) is 11.6 Å². The first-order chi connectivity index (χ1) is 9.62. The molecule has 0 bridgehead atoms. The minimum absolute atomic E-state index is 0.263. The topological polar surface area (TPSA) is 34.1 Å². The molecule has 3 nitrogen and oxygen atoms in total. The molecular weight excluding hydrogens is 255 g/mol. The quantitative estimate of drug-likeness (QED) is 0.904. The SMILES string of the molecule is CCc1cc(CNC)cc(Oc2ccc(F)cc2C)n1. The molecule has 1 heterocycles. The Labute approximate surface area is 118 Å². The Bertz CT molecular complexity index is 599. The van der Waals surface area contributed by atoms with Crippen LogP contribution in [-0.4, -0.2) is 12.0 Å². The van der Waals surface area contributed by atoms with Crippen molar-refractivity contribution in [1.29, 1.82) is 0 Å². The molecule has 0 atom stereocenters. The van der Waals surface area contributed by atoms with E-state index >= 15 is 0 Å². The number of halogens is 1. The number of hydrogen-bond acceptors (Lipinski definition) is 3. The van der Waals surface area contributed by atoms with Crippen LogP contribution >= 0.6 is 0 Å². The predicted octanol–water partition coefficient (Wildman–Crippen LogP) is 3.60. The van der Waals surface area contributed by atoms with Crippen molar-refractivity contribution in [2.24, 2.45) is 0 Å². The van der Waals surface area contributed by atoms with Crippen molar-refractivity contribution in [1.82, 2.24) is 10.3 Å². The number of ether oxygens (including phenoxy) is 1. The van der Waals surface area contributed by atoms with Crippen LogP contribution in [0.3, 0.4) is 0 Å². The molecule has 20 heavy (non-hydrogen) atoms. The van der Waals surface area contributed by atoms with E-state index in [1.807, 2.05) is 20.0 Å². The van der Waals surface area contributed by atoms with E-state index < -0.39 is 0 Å². The standard InChI is InChI=1S/C16H19FN2O/c1-4-14-8-12(10-18-3)9-16(19-14)20-15-6-5-13(17)7-11(15)2/h5-9,18H,4,10H2,1-3H3. The van der Waals surface area contributed by atoms with E-state index in [0.29, 0.717) is 11.6 Å². The first-order valence-corrected chi connectivity index (χ1v) is 6.70. The van der Waals surface area contributed by atoms with E-state index in [9.17, 15) is 4.39 Å². The lowest BCUT2D eigenvalue weighted by molar-refractivity contribution is 0.454. The molecule has 2 rings (SSSR count). The highest BCUT2D eigenvalue weighted by molar-refractivity contribution is 5.36. The molecule has 0 aliphatic rings. The summed E-state index contributed by atoms with van der Waals surface area (Å²) in [6.45, 7) is 4.63. The van der Waals surface area contributed by atoms with Crippen molar-refractivity contribution < 1.29 is 9.13 Å². The minimum atomic E-state index is -0.263. The third kappa shape index (κ3) is 3.54. The second-order valence-electron chi connectivity index (χ2n) is 4.70. The first-order valence-electron chi connectivity index (χ1n) is 6.70. The van der Waals surface area contributed by atoms with Crippen LogP contribution in [0.4, 0.5) is 4.39 Å². The number of rotatable bonds is 5. The van der Waals surface area contributed by atoms with Crippen LogP contribution in [0.15, 0.2) is 30.3 Å². The maximum absolute atomic E-state index is 13.1. The van der Waals surface area contributed by atoms with E-state index in [4.69, 9.17) is 4.74 Å². The summed E-state index contributed by atoms with van der Waals surface area (Å²) < 4.78 is 18.9. The fourth-order valence-electron chi connectivity index (χ4n) is 2.00. The van der Waals surface area contributed by atoms with Crippen LogP contribution in [0, 0.1) is 12.7 Å². The van der Waals surface area contributed by atoms with E-state index in [0.717, 1.165) is 29.8 Å². The largest absolute Gasteiger partial charge is 0.439 e. The van der Waals surface area contributed by atoms with Crippen molar-refractivity contribution in [3.63, 3.8) is 0 Å². The van der Waals surface area contributed by atoms with Gasteiger partial charge in [0, 0.05) is 18.3 Å². The van der Waals surface area contributed by atoms with Crippen molar-refractivity contribution >= 4 is 0 Å². The Hall–Kier alpha value is -1.94. The van der Waals surface area contributed by atoms with E-state index in [-0.39, 0.29) is 5.82 Å². The van der Waals surface area contributed by atoms with Crippen molar-refractivity contribution in [3.05, 3.63) is 53.0 Å². The maximum Gasteiger partial charge on any atom is 0.219 e. The molecule has 106 valence electrons. The van der Waals surface area contributed by atoms with Gasteiger partial charge in [-0.2, -0.15) is 0 Å². The summed E-state index contributed by atoms with van der Waals surface area (Å²) in [6, 6.07) is 8.43. The fraction of sp³-hybridized carbons (Fsp3) is 0.312. The molecular formula is C16H19FN2O. The predicted molar refractivity (Wildman–Crippen MR) is 77.6 cm³/mol. The lowest BCUT2D eigenvalue weighted by Crippen LogP contribution is -2.06. The Kier molecular flexibility index (Phi) is 4.69. The summed E-state index contributed by atoms with van der Waals surface area (Å²) in [6.07, 6.45) is 0.844. The highest BCUT2D eigenvalue weighted by Gasteiger charge is 2.07. The zero-order valence-electron chi connectivity index (χ0n) is 12.0. The second-order valence-corrected chi connectivity index (χ2v) is 4.70. The number of hydrogen-bond donors (Lipinski definition) is 1. The van der Waals surface area contributed by atoms with E-state index in [1.165, 1.54) is 12.1 Å². The van der Waals surface area contributed by atoms with Gasteiger partial charge in [0.1, 0.15) is 11.6 Å². The zero-order valence-corrected chi connectivity index (χ0v) is 12.0. The third-order valence-electron chi connectivity index (χ3n) is 3.01. The molecule has 1 aromatic heterocycles. The number of nitrogens with one attached hydrogen (secondary N) is 1. The highest BCUT2D eigenvalue weighted by atomic mass is 19.1. The number of benzene rings is 1. The van der Waals surface area contributed by atoms with E-state index in [2.05, 4.69) is 23.3 Å². The molecule has 0 amide bonds. The summed E-state index contributed by atoms with van der Waals surface area (Å²) in [5.74, 6) is 0.910. The van der Waals surface area contributed by atoms with E-state index in [1.54, 1.807) is 6.07 Å². The van der Waals surface area contributed by atoms with Gasteiger partial charge >= 0.3 is 0 Å². The van der Waals surface area contributed by atoms with Gasteiger partial charge in [0.25, 0.3) is 0 Å². The third-order valence-corrected chi connectivity index (χ3v) is 3.01. The van der Waals surface area contributed by atoms with Crippen LogP contribution in [0.25, 0.3) is 0 Å². The van der Waals surface area contributed by atoms with Gasteiger partial charge in [0.15, 0.2) is 0 Å². The van der Waals surface area contributed by atoms with Gasteiger partial charge < -0.3 is 10.1 Å². The van der Waals surface area contributed by atoms with Gasteiger partial charge in [-0.05, 0) is 55.8 Å². The monoisotopic (exact) mass is 274 g/mol. The first kappa shape index (κ1) is 14.5. The minimum Gasteiger partial charge on any atom is -0.439 e. The van der Waals surface area contributed by atoms with Crippen LogP contribution in [-0.2, 0) is 13.0 Å². The summed E-state index contributed by atoms with van der Waals surface area (Å²) >= 11 is 0. The Morgan fingerprint density at radius 3 is 2.70 bits per heavy atom. The van der Waals surface area contributed by atoms with Crippen molar-refractivity contribution in [2.45, 2.75) is 26.8 Å². The number of aryl methyl sites for hydroxylation is 2. The highest BCUT2D eigenvalue weighted by Crippen LogP contribution is 2.25. The summed E-state index contributed by atoms with van der Waals surface area (Å²) in [7, 11) is 1.90. The molecule has 0 unspecified atom stereocenters.